The number of hydrogen-bond donors (Lipinski definition) is 1. The molecule has 1 aromatic rings. The van der Waals surface area contributed by atoms with Crippen LogP contribution in [0.2, 0.25) is 0 Å². The van der Waals surface area contributed by atoms with Crippen LogP contribution in [0.3, 0.4) is 0 Å². The maximum absolute atomic E-state index is 3.84. The van der Waals surface area contributed by atoms with Crippen LogP contribution in [-0.4, -0.2) is 24.0 Å². The average Bonchev–Trinajstić information content (AvgIpc) is 2.64. The molecule has 0 spiro atoms. The highest BCUT2D eigenvalue weighted by molar-refractivity contribution is 7.11. The van der Waals surface area contributed by atoms with E-state index in [2.05, 4.69) is 49.7 Å². The molecule has 0 bridgehead atoms. The third-order valence-corrected chi connectivity index (χ3v) is 3.78. The first-order chi connectivity index (χ1) is 7.97. The molecule has 3 heteroatoms. The molecular weight excluding hydrogens is 228 g/mol. The van der Waals surface area contributed by atoms with Crippen molar-refractivity contribution in [1.29, 1.82) is 0 Å². The van der Waals surface area contributed by atoms with Crippen LogP contribution in [0.25, 0.3) is 0 Å². The zero-order valence-corrected chi connectivity index (χ0v) is 12.2. The van der Waals surface area contributed by atoms with Gasteiger partial charge in [-0.05, 0) is 40.0 Å². The summed E-state index contributed by atoms with van der Waals surface area (Å²) in [6.45, 7) is 13.5. The summed E-state index contributed by atoms with van der Waals surface area (Å²) >= 11 is 1.89. The van der Waals surface area contributed by atoms with E-state index in [1.54, 1.807) is 0 Å². The molecule has 96 valence electrons. The van der Waals surface area contributed by atoms with Gasteiger partial charge in [0.05, 0.1) is 0 Å². The van der Waals surface area contributed by atoms with Gasteiger partial charge >= 0.3 is 0 Å². The molecule has 17 heavy (non-hydrogen) atoms. The van der Waals surface area contributed by atoms with E-state index in [1.807, 2.05) is 24.5 Å². The Morgan fingerprint density at radius 2 is 2.00 bits per heavy atom. The highest BCUT2D eigenvalue weighted by Crippen LogP contribution is 2.22. The maximum atomic E-state index is 3.84. The Morgan fingerprint density at radius 1 is 1.35 bits per heavy atom. The van der Waals surface area contributed by atoms with Crippen LogP contribution in [0.1, 0.15) is 30.5 Å². The zero-order chi connectivity index (χ0) is 12.9. The molecule has 2 nitrogen and oxygen atoms in total. The molecule has 0 aliphatic carbocycles. The maximum Gasteiger partial charge on any atom is 0.0336 e. The van der Waals surface area contributed by atoms with Crippen LogP contribution in [-0.2, 0) is 13.1 Å². The third-order valence-electron chi connectivity index (χ3n) is 2.71. The molecule has 0 atom stereocenters. The van der Waals surface area contributed by atoms with Crippen molar-refractivity contribution >= 4 is 11.3 Å². The predicted molar refractivity (Wildman–Crippen MR) is 77.4 cm³/mol. The summed E-state index contributed by atoms with van der Waals surface area (Å²) in [5.74, 6) is 0. The van der Waals surface area contributed by atoms with Crippen LogP contribution >= 0.6 is 11.3 Å². The van der Waals surface area contributed by atoms with Crippen molar-refractivity contribution in [1.82, 2.24) is 10.2 Å². The van der Waals surface area contributed by atoms with Gasteiger partial charge in [0.2, 0.25) is 0 Å². The van der Waals surface area contributed by atoms with Gasteiger partial charge in [-0.25, -0.2) is 0 Å². The van der Waals surface area contributed by atoms with E-state index in [4.69, 9.17) is 0 Å². The smallest absolute Gasteiger partial charge is 0.0336 e. The Bertz CT molecular complexity index is 349. The summed E-state index contributed by atoms with van der Waals surface area (Å²) in [7, 11) is 1.98. The molecule has 0 fully saturated rings. The van der Waals surface area contributed by atoms with Crippen molar-refractivity contribution in [3.63, 3.8) is 0 Å². The Balaban J connectivity index is 2.68. The summed E-state index contributed by atoms with van der Waals surface area (Å²) in [6.07, 6.45) is 1.98. The first-order valence-electron chi connectivity index (χ1n) is 6.05. The lowest BCUT2D eigenvalue weighted by Gasteiger charge is -2.34. The molecule has 1 N–H and O–H groups in total. The lowest BCUT2D eigenvalue weighted by atomic mass is 10.1. The van der Waals surface area contributed by atoms with Gasteiger partial charge in [0.25, 0.3) is 0 Å². The van der Waals surface area contributed by atoms with Crippen molar-refractivity contribution in [2.75, 3.05) is 13.6 Å². The lowest BCUT2D eigenvalue weighted by Crippen LogP contribution is -2.40. The first-order valence-corrected chi connectivity index (χ1v) is 6.87. The molecule has 0 aliphatic heterocycles. The summed E-state index contributed by atoms with van der Waals surface area (Å²) in [5, 5.41) is 3.19. The second kappa shape index (κ2) is 6.34. The molecule has 1 rings (SSSR count). The number of rotatable bonds is 6. The zero-order valence-electron chi connectivity index (χ0n) is 11.4. The van der Waals surface area contributed by atoms with Crippen LogP contribution in [0.15, 0.2) is 24.8 Å². The summed E-state index contributed by atoms with van der Waals surface area (Å²) in [6, 6.07) is 4.45. The fraction of sp³-hybridized carbons (Fsp3) is 0.571. The first kappa shape index (κ1) is 14.4. The molecule has 0 aliphatic rings. The monoisotopic (exact) mass is 252 g/mol. The Kier molecular flexibility index (Phi) is 5.37. The molecule has 1 heterocycles. The van der Waals surface area contributed by atoms with Gasteiger partial charge in [0.15, 0.2) is 0 Å². The fourth-order valence-electron chi connectivity index (χ4n) is 1.70. The molecule has 0 radical (unpaired) electrons. The van der Waals surface area contributed by atoms with Gasteiger partial charge in [0, 0.05) is 34.9 Å². The third kappa shape index (κ3) is 4.62. The summed E-state index contributed by atoms with van der Waals surface area (Å²) < 4.78 is 0. The van der Waals surface area contributed by atoms with E-state index in [9.17, 15) is 0 Å². The van der Waals surface area contributed by atoms with Gasteiger partial charge in [-0.3, -0.25) is 4.90 Å². The molecular formula is C14H24N2S. The highest BCUT2D eigenvalue weighted by Gasteiger charge is 2.20. The van der Waals surface area contributed by atoms with Crippen molar-refractivity contribution in [2.45, 2.75) is 39.4 Å². The minimum absolute atomic E-state index is 0.182. The Morgan fingerprint density at radius 3 is 2.53 bits per heavy atom. The van der Waals surface area contributed by atoms with Crippen LogP contribution < -0.4 is 5.32 Å². The number of thiophene rings is 1. The van der Waals surface area contributed by atoms with Crippen LogP contribution in [0.4, 0.5) is 0 Å². The van der Waals surface area contributed by atoms with E-state index < -0.39 is 0 Å². The SMILES string of the molecule is C=CCN(Cc1ccc(CNC)s1)C(C)(C)C. The van der Waals surface area contributed by atoms with Gasteiger partial charge in [-0.15, -0.1) is 17.9 Å². The minimum Gasteiger partial charge on any atom is -0.315 e. The largest absolute Gasteiger partial charge is 0.315 e. The molecule has 0 aromatic carbocycles. The minimum atomic E-state index is 0.182. The van der Waals surface area contributed by atoms with E-state index in [0.29, 0.717) is 0 Å². The topological polar surface area (TPSA) is 15.3 Å². The quantitative estimate of drug-likeness (QED) is 0.782. The fourth-order valence-corrected chi connectivity index (χ4v) is 2.74. The number of nitrogens with one attached hydrogen (secondary N) is 1. The molecule has 0 unspecified atom stereocenters. The molecule has 0 saturated heterocycles. The predicted octanol–water partition coefficient (Wildman–Crippen LogP) is 3.25. The van der Waals surface area contributed by atoms with E-state index in [-0.39, 0.29) is 5.54 Å². The standard InChI is InChI=1S/C14H24N2S/c1-6-9-16(14(2,3)4)11-13-8-7-12(17-13)10-15-5/h6-8,15H,1,9-11H2,2-5H3. The van der Waals surface area contributed by atoms with E-state index in [1.165, 1.54) is 9.75 Å². The normalized spacial score (nSPS) is 12.1. The van der Waals surface area contributed by atoms with Crippen molar-refractivity contribution < 1.29 is 0 Å². The van der Waals surface area contributed by atoms with Crippen LogP contribution in [0.5, 0.6) is 0 Å². The molecule has 0 saturated carbocycles. The highest BCUT2D eigenvalue weighted by atomic mass is 32.1. The summed E-state index contributed by atoms with van der Waals surface area (Å²) in [5.41, 5.74) is 0.182. The Labute approximate surface area is 109 Å². The molecule has 0 amide bonds. The second-order valence-corrected chi connectivity index (χ2v) is 6.49. The van der Waals surface area contributed by atoms with Crippen molar-refractivity contribution in [3.8, 4) is 0 Å². The van der Waals surface area contributed by atoms with Crippen LogP contribution in [0, 0.1) is 0 Å². The van der Waals surface area contributed by atoms with E-state index in [0.717, 1.165) is 19.6 Å². The van der Waals surface area contributed by atoms with Gasteiger partial charge in [0.1, 0.15) is 0 Å². The Hall–Kier alpha value is -0.640. The number of hydrogen-bond acceptors (Lipinski definition) is 3. The van der Waals surface area contributed by atoms with Gasteiger partial charge in [-0.1, -0.05) is 6.08 Å². The van der Waals surface area contributed by atoms with Crippen molar-refractivity contribution in [3.05, 3.63) is 34.5 Å². The lowest BCUT2D eigenvalue weighted by molar-refractivity contribution is 0.147. The second-order valence-electron chi connectivity index (χ2n) is 5.24. The summed E-state index contributed by atoms with van der Waals surface area (Å²) in [4.78, 5) is 5.26. The van der Waals surface area contributed by atoms with Gasteiger partial charge < -0.3 is 5.32 Å². The van der Waals surface area contributed by atoms with Gasteiger partial charge in [-0.2, -0.15) is 0 Å². The number of nitrogens with zero attached hydrogens (tertiary/aromatic N) is 1. The van der Waals surface area contributed by atoms with Crippen molar-refractivity contribution in [2.24, 2.45) is 0 Å². The molecule has 1 aromatic heterocycles. The average molecular weight is 252 g/mol. The van der Waals surface area contributed by atoms with E-state index >= 15 is 0 Å².